The highest BCUT2D eigenvalue weighted by molar-refractivity contribution is 5.96. The summed E-state index contributed by atoms with van der Waals surface area (Å²) in [6, 6.07) is 2.90. The predicted octanol–water partition coefficient (Wildman–Crippen LogP) is 1.74. The second kappa shape index (κ2) is 8.93. The molecule has 1 aromatic carbocycles. The Bertz CT molecular complexity index is 1020. The minimum atomic E-state index is -1.02. The van der Waals surface area contributed by atoms with Gasteiger partial charge < -0.3 is 19.4 Å². The standard InChI is InChI=1S/C21H24F2N6O3/c1-26(2)18-10-24-11-19(25-18)32-15-5-6-27(12-15)20(30)13-28-7-8-29(21(28)31)14-3-4-16(22)17(23)9-14/h3-4,9-11,15H,5-8,12-13H2,1-2H3. The van der Waals surface area contributed by atoms with Gasteiger partial charge in [-0.3, -0.25) is 14.7 Å². The highest BCUT2D eigenvalue weighted by Gasteiger charge is 2.34. The lowest BCUT2D eigenvalue weighted by molar-refractivity contribution is -0.130. The first-order valence-electron chi connectivity index (χ1n) is 10.3. The highest BCUT2D eigenvalue weighted by Crippen LogP contribution is 2.23. The van der Waals surface area contributed by atoms with E-state index in [1.807, 2.05) is 19.0 Å². The van der Waals surface area contributed by atoms with E-state index >= 15 is 0 Å². The second-order valence-corrected chi connectivity index (χ2v) is 7.93. The van der Waals surface area contributed by atoms with Gasteiger partial charge in [0.2, 0.25) is 11.8 Å². The second-order valence-electron chi connectivity index (χ2n) is 7.93. The van der Waals surface area contributed by atoms with Crippen molar-refractivity contribution in [2.45, 2.75) is 12.5 Å². The number of hydrogen-bond donors (Lipinski definition) is 0. The van der Waals surface area contributed by atoms with Crippen LogP contribution in [0.1, 0.15) is 6.42 Å². The fourth-order valence-electron chi connectivity index (χ4n) is 3.72. The summed E-state index contributed by atoms with van der Waals surface area (Å²) >= 11 is 0. The number of carbonyl (C=O) groups excluding carboxylic acids is 2. The maximum Gasteiger partial charge on any atom is 0.325 e. The maximum absolute atomic E-state index is 13.5. The Morgan fingerprint density at radius 1 is 1.19 bits per heavy atom. The van der Waals surface area contributed by atoms with Gasteiger partial charge in [-0.1, -0.05) is 0 Å². The van der Waals surface area contributed by atoms with Gasteiger partial charge in [0.15, 0.2) is 17.5 Å². The number of halogens is 2. The Morgan fingerprint density at radius 2 is 2.00 bits per heavy atom. The lowest BCUT2D eigenvalue weighted by Crippen LogP contribution is -2.42. The van der Waals surface area contributed by atoms with Crippen LogP contribution in [0, 0.1) is 11.6 Å². The molecule has 9 nitrogen and oxygen atoms in total. The smallest absolute Gasteiger partial charge is 0.325 e. The summed E-state index contributed by atoms with van der Waals surface area (Å²) < 4.78 is 32.6. The summed E-state index contributed by atoms with van der Waals surface area (Å²) in [4.78, 5) is 40.1. The Hall–Kier alpha value is -3.50. The minimum Gasteiger partial charge on any atom is -0.471 e. The maximum atomic E-state index is 13.5. The third-order valence-corrected chi connectivity index (χ3v) is 5.48. The third-order valence-electron chi connectivity index (χ3n) is 5.48. The number of amides is 3. The number of carbonyl (C=O) groups is 2. The molecule has 0 N–H and O–H groups in total. The number of urea groups is 1. The Kier molecular flexibility index (Phi) is 6.06. The average molecular weight is 446 g/mol. The van der Waals surface area contributed by atoms with E-state index in [4.69, 9.17) is 4.74 Å². The normalized spacial score (nSPS) is 18.4. The van der Waals surface area contributed by atoms with Crippen LogP contribution < -0.4 is 14.5 Å². The molecule has 2 aliphatic heterocycles. The molecule has 0 radical (unpaired) electrons. The van der Waals surface area contributed by atoms with Gasteiger partial charge in [0.1, 0.15) is 12.6 Å². The summed E-state index contributed by atoms with van der Waals surface area (Å²) in [5.74, 6) is -1.12. The van der Waals surface area contributed by atoms with Crippen molar-refractivity contribution in [2.24, 2.45) is 0 Å². The number of benzene rings is 1. The van der Waals surface area contributed by atoms with Crippen LogP contribution in [0.2, 0.25) is 0 Å². The monoisotopic (exact) mass is 446 g/mol. The first-order valence-corrected chi connectivity index (χ1v) is 10.3. The lowest BCUT2D eigenvalue weighted by atomic mass is 10.3. The van der Waals surface area contributed by atoms with Crippen LogP contribution in [0.25, 0.3) is 0 Å². The molecule has 0 aliphatic carbocycles. The van der Waals surface area contributed by atoms with Crippen molar-refractivity contribution in [1.82, 2.24) is 19.8 Å². The zero-order valence-corrected chi connectivity index (χ0v) is 17.9. The van der Waals surface area contributed by atoms with Crippen molar-refractivity contribution in [2.75, 3.05) is 56.6 Å². The zero-order valence-electron chi connectivity index (χ0n) is 17.9. The molecule has 2 aliphatic rings. The van der Waals surface area contributed by atoms with E-state index < -0.39 is 17.7 Å². The summed E-state index contributed by atoms with van der Waals surface area (Å²) in [5, 5.41) is 0. The molecule has 2 fully saturated rings. The van der Waals surface area contributed by atoms with Crippen LogP contribution in [-0.2, 0) is 4.79 Å². The van der Waals surface area contributed by atoms with Crippen LogP contribution in [-0.4, -0.2) is 84.6 Å². The highest BCUT2D eigenvalue weighted by atomic mass is 19.2. The average Bonchev–Trinajstić information content (AvgIpc) is 3.37. The first-order chi connectivity index (χ1) is 15.3. The Balaban J connectivity index is 1.31. The van der Waals surface area contributed by atoms with Crippen molar-refractivity contribution < 1.29 is 23.1 Å². The zero-order chi connectivity index (χ0) is 22.8. The van der Waals surface area contributed by atoms with Gasteiger partial charge in [-0.2, -0.15) is 4.98 Å². The van der Waals surface area contributed by atoms with Crippen molar-refractivity contribution in [3.05, 3.63) is 42.2 Å². The van der Waals surface area contributed by atoms with E-state index in [1.54, 1.807) is 11.1 Å². The van der Waals surface area contributed by atoms with E-state index in [1.165, 1.54) is 22.1 Å². The van der Waals surface area contributed by atoms with Gasteiger partial charge in [0, 0.05) is 51.9 Å². The van der Waals surface area contributed by atoms with Crippen molar-refractivity contribution >= 4 is 23.4 Å². The summed E-state index contributed by atoms with van der Waals surface area (Å²) in [7, 11) is 3.72. The molecule has 3 heterocycles. The van der Waals surface area contributed by atoms with E-state index in [0.717, 1.165) is 12.1 Å². The Morgan fingerprint density at radius 3 is 2.75 bits per heavy atom. The van der Waals surface area contributed by atoms with Gasteiger partial charge >= 0.3 is 6.03 Å². The third kappa shape index (κ3) is 4.56. The largest absolute Gasteiger partial charge is 0.471 e. The van der Waals surface area contributed by atoms with Crippen LogP contribution in [0.5, 0.6) is 5.88 Å². The molecule has 0 bridgehead atoms. The fraction of sp³-hybridized carbons (Fsp3) is 0.429. The van der Waals surface area contributed by atoms with Crippen molar-refractivity contribution in [1.29, 1.82) is 0 Å². The van der Waals surface area contributed by atoms with E-state index in [2.05, 4.69) is 9.97 Å². The number of likely N-dealkylation sites (tertiary alicyclic amines) is 1. The number of anilines is 2. The van der Waals surface area contributed by atoms with Crippen LogP contribution in [0.3, 0.4) is 0 Å². The number of aromatic nitrogens is 2. The van der Waals surface area contributed by atoms with Crippen molar-refractivity contribution in [3.63, 3.8) is 0 Å². The van der Waals surface area contributed by atoms with Gasteiger partial charge in [0.25, 0.3) is 0 Å². The molecule has 1 atom stereocenters. The molecule has 2 aromatic rings. The summed E-state index contributed by atoms with van der Waals surface area (Å²) in [5.41, 5.74) is 0.263. The molecule has 3 amide bonds. The fourth-order valence-corrected chi connectivity index (χ4v) is 3.72. The molecule has 11 heteroatoms. The molecular formula is C21H24F2N6O3. The van der Waals surface area contributed by atoms with Crippen LogP contribution >= 0.6 is 0 Å². The van der Waals surface area contributed by atoms with Crippen LogP contribution in [0.4, 0.5) is 25.1 Å². The van der Waals surface area contributed by atoms with E-state index in [9.17, 15) is 18.4 Å². The molecule has 2 saturated heterocycles. The van der Waals surface area contributed by atoms with E-state index in [0.29, 0.717) is 44.3 Å². The van der Waals surface area contributed by atoms with Crippen molar-refractivity contribution in [3.8, 4) is 5.88 Å². The van der Waals surface area contributed by atoms with Gasteiger partial charge in [-0.05, 0) is 12.1 Å². The van der Waals surface area contributed by atoms with Crippen LogP contribution in [0.15, 0.2) is 30.6 Å². The van der Waals surface area contributed by atoms with E-state index in [-0.39, 0.29) is 24.2 Å². The number of ether oxygens (including phenoxy) is 1. The quantitative estimate of drug-likeness (QED) is 0.673. The van der Waals surface area contributed by atoms with Gasteiger partial charge in [0.05, 0.1) is 18.9 Å². The molecule has 1 aromatic heterocycles. The molecule has 0 spiro atoms. The molecular weight excluding hydrogens is 422 g/mol. The van der Waals surface area contributed by atoms with Gasteiger partial charge in [-0.15, -0.1) is 0 Å². The number of nitrogens with zero attached hydrogens (tertiary/aromatic N) is 6. The number of rotatable bonds is 6. The molecule has 4 rings (SSSR count). The predicted molar refractivity (Wildman–Crippen MR) is 113 cm³/mol. The van der Waals surface area contributed by atoms with Gasteiger partial charge in [-0.25, -0.2) is 13.6 Å². The topological polar surface area (TPSA) is 82.1 Å². The molecule has 1 unspecified atom stereocenters. The first kappa shape index (κ1) is 21.7. The minimum absolute atomic E-state index is 0.0817. The summed E-state index contributed by atoms with van der Waals surface area (Å²) in [6.45, 7) is 1.44. The lowest BCUT2D eigenvalue weighted by Gasteiger charge is -2.22. The molecule has 170 valence electrons. The molecule has 32 heavy (non-hydrogen) atoms. The SMILES string of the molecule is CN(C)c1cncc(OC2CCN(C(=O)CN3CCN(c4ccc(F)c(F)c4)C3=O)C2)n1. The molecule has 0 saturated carbocycles. The number of hydrogen-bond acceptors (Lipinski definition) is 6. The summed E-state index contributed by atoms with van der Waals surface area (Å²) in [6.07, 6.45) is 3.61. The Labute approximate surface area is 184 Å².